The number of fused-ring (bicyclic) bond motifs is 1. The Labute approximate surface area is 180 Å². The molecular formula is C26H24N2O3. The minimum atomic E-state index is -0.360. The van der Waals surface area contributed by atoms with E-state index < -0.39 is 0 Å². The fourth-order valence-electron chi connectivity index (χ4n) is 4.15. The second-order valence-corrected chi connectivity index (χ2v) is 7.86. The number of aryl methyl sites for hydroxylation is 2. The molecule has 0 saturated carbocycles. The molecule has 5 heteroatoms. The van der Waals surface area contributed by atoms with E-state index in [0.29, 0.717) is 23.0 Å². The lowest BCUT2D eigenvalue weighted by atomic mass is 10.0. The van der Waals surface area contributed by atoms with Gasteiger partial charge >= 0.3 is 0 Å². The van der Waals surface area contributed by atoms with Crippen molar-refractivity contribution in [2.75, 3.05) is 0 Å². The van der Waals surface area contributed by atoms with Gasteiger partial charge in [-0.15, -0.1) is 0 Å². The second-order valence-electron chi connectivity index (χ2n) is 7.86. The van der Waals surface area contributed by atoms with Crippen molar-refractivity contribution in [3.05, 3.63) is 115 Å². The first kappa shape index (κ1) is 20.5. The fraction of sp³-hybridized carbons (Fsp3) is 0.192. The smallest absolute Gasteiger partial charge is 0.262 e. The van der Waals surface area contributed by atoms with E-state index in [-0.39, 0.29) is 29.0 Å². The van der Waals surface area contributed by atoms with Crippen molar-refractivity contribution in [1.29, 1.82) is 0 Å². The Balaban J connectivity index is 2.03. The summed E-state index contributed by atoms with van der Waals surface area (Å²) in [6, 6.07) is 21.2. The van der Waals surface area contributed by atoms with Crippen LogP contribution in [0.2, 0.25) is 0 Å². The molecule has 4 aromatic rings. The zero-order chi connectivity index (χ0) is 22.1. The molecular weight excluding hydrogens is 388 g/mol. The average molecular weight is 412 g/mol. The Morgan fingerprint density at radius 3 is 1.81 bits per heavy atom. The van der Waals surface area contributed by atoms with E-state index in [0.717, 1.165) is 16.8 Å². The molecule has 5 nitrogen and oxygen atoms in total. The van der Waals surface area contributed by atoms with Gasteiger partial charge in [0.1, 0.15) is 0 Å². The number of pyridine rings is 2. The number of rotatable bonds is 5. The maximum Gasteiger partial charge on any atom is 0.262 e. The molecule has 0 spiro atoms. The van der Waals surface area contributed by atoms with Crippen molar-refractivity contribution < 1.29 is 4.79 Å². The van der Waals surface area contributed by atoms with Crippen LogP contribution in [0.5, 0.6) is 0 Å². The highest BCUT2D eigenvalue weighted by Gasteiger charge is 2.21. The molecule has 2 aromatic carbocycles. The topological polar surface area (TPSA) is 61.1 Å². The molecule has 156 valence electrons. The molecule has 4 rings (SSSR count). The summed E-state index contributed by atoms with van der Waals surface area (Å²) in [6.07, 6.45) is 0. The Hall–Kier alpha value is -3.73. The molecule has 2 heterocycles. The fourth-order valence-corrected chi connectivity index (χ4v) is 4.15. The van der Waals surface area contributed by atoms with Crippen LogP contribution < -0.4 is 11.1 Å². The van der Waals surface area contributed by atoms with E-state index in [4.69, 9.17) is 0 Å². The quantitative estimate of drug-likeness (QED) is 0.464. The Morgan fingerprint density at radius 2 is 1.29 bits per heavy atom. The van der Waals surface area contributed by atoms with Crippen LogP contribution in [0, 0.1) is 13.8 Å². The lowest BCUT2D eigenvalue weighted by molar-refractivity contribution is 0.101. The van der Waals surface area contributed by atoms with Gasteiger partial charge in [0.2, 0.25) is 0 Å². The van der Waals surface area contributed by atoms with Gasteiger partial charge in [-0.3, -0.25) is 14.4 Å². The summed E-state index contributed by atoms with van der Waals surface area (Å²) in [7, 11) is 0. The lowest BCUT2D eigenvalue weighted by Gasteiger charge is -2.18. The predicted octanol–water partition coefficient (Wildman–Crippen LogP) is 4.08. The highest BCUT2D eigenvalue weighted by Crippen LogP contribution is 2.20. The van der Waals surface area contributed by atoms with Gasteiger partial charge in [-0.1, -0.05) is 60.7 Å². The number of hydrogen-bond acceptors (Lipinski definition) is 3. The molecule has 0 aliphatic carbocycles. The van der Waals surface area contributed by atoms with Gasteiger partial charge < -0.3 is 9.13 Å². The number of carbonyl (C=O) groups excluding carboxylic acids is 1. The maximum atomic E-state index is 13.6. The van der Waals surface area contributed by atoms with Gasteiger partial charge in [0.05, 0.1) is 29.6 Å². The normalized spacial score (nSPS) is 11.1. The monoisotopic (exact) mass is 412 g/mol. The zero-order valence-electron chi connectivity index (χ0n) is 17.9. The number of carbonyl (C=O) groups is 1. The molecule has 0 unspecified atom stereocenters. The summed E-state index contributed by atoms with van der Waals surface area (Å²) in [5, 5.41) is 0.419. The summed E-state index contributed by atoms with van der Waals surface area (Å²) < 4.78 is 3.25. The van der Waals surface area contributed by atoms with E-state index in [2.05, 4.69) is 0 Å². The molecule has 0 fully saturated rings. The molecule has 0 saturated heterocycles. The van der Waals surface area contributed by atoms with Crippen molar-refractivity contribution in [3.8, 4) is 0 Å². The van der Waals surface area contributed by atoms with Crippen LogP contribution in [-0.2, 0) is 13.1 Å². The van der Waals surface area contributed by atoms with Crippen molar-refractivity contribution in [2.45, 2.75) is 33.9 Å². The largest absolute Gasteiger partial charge is 0.308 e. The maximum absolute atomic E-state index is 13.6. The van der Waals surface area contributed by atoms with Gasteiger partial charge in [0.25, 0.3) is 11.1 Å². The summed E-state index contributed by atoms with van der Waals surface area (Å²) in [4.78, 5) is 39.3. The standard InChI is InChI=1S/C26H24N2O3/c1-17-14-22-24(26(31)27(17)15-20-10-6-4-7-11-20)18(2)23(19(3)29)25(30)28(22)16-21-12-8-5-9-13-21/h4-14H,15-16H2,1-3H3. The number of nitrogens with zero attached hydrogens (tertiary/aromatic N) is 2. The highest BCUT2D eigenvalue weighted by atomic mass is 16.1. The number of Topliss-reactive ketones (excluding diaryl/α,β-unsaturated/α-hetero) is 1. The minimum absolute atomic E-state index is 0.0793. The van der Waals surface area contributed by atoms with Crippen LogP contribution in [-0.4, -0.2) is 14.9 Å². The summed E-state index contributed by atoms with van der Waals surface area (Å²) in [5.41, 5.74) is 3.23. The van der Waals surface area contributed by atoms with Crippen LogP contribution in [0.25, 0.3) is 10.9 Å². The third-order valence-corrected chi connectivity index (χ3v) is 5.71. The molecule has 0 atom stereocenters. The molecule has 0 bridgehead atoms. The lowest BCUT2D eigenvalue weighted by Crippen LogP contribution is -2.32. The number of ketones is 1. The Kier molecular flexibility index (Phi) is 5.42. The molecule has 0 aliphatic rings. The average Bonchev–Trinajstić information content (AvgIpc) is 2.75. The van der Waals surface area contributed by atoms with E-state index in [1.54, 1.807) is 16.1 Å². The van der Waals surface area contributed by atoms with Crippen molar-refractivity contribution in [1.82, 2.24) is 9.13 Å². The minimum Gasteiger partial charge on any atom is -0.308 e. The molecule has 31 heavy (non-hydrogen) atoms. The SMILES string of the molecule is CC(=O)c1c(C)c2c(=O)n(Cc3ccccc3)c(C)cc2n(Cc2ccccc2)c1=O. The van der Waals surface area contributed by atoms with E-state index in [9.17, 15) is 14.4 Å². The predicted molar refractivity (Wildman–Crippen MR) is 123 cm³/mol. The molecule has 0 aliphatic heterocycles. The van der Waals surface area contributed by atoms with Crippen LogP contribution in [0.3, 0.4) is 0 Å². The van der Waals surface area contributed by atoms with Crippen molar-refractivity contribution in [2.24, 2.45) is 0 Å². The molecule has 0 amide bonds. The second kappa shape index (κ2) is 8.19. The van der Waals surface area contributed by atoms with Gasteiger partial charge in [-0.25, -0.2) is 0 Å². The Bertz CT molecular complexity index is 1400. The van der Waals surface area contributed by atoms with Crippen LogP contribution >= 0.6 is 0 Å². The first-order chi connectivity index (χ1) is 14.9. The number of aromatic nitrogens is 2. The van der Waals surface area contributed by atoms with E-state index in [1.807, 2.05) is 73.7 Å². The molecule has 0 radical (unpaired) electrons. The number of hydrogen-bond donors (Lipinski definition) is 0. The Morgan fingerprint density at radius 1 is 0.774 bits per heavy atom. The highest BCUT2D eigenvalue weighted by molar-refractivity contribution is 5.99. The third-order valence-electron chi connectivity index (χ3n) is 5.71. The van der Waals surface area contributed by atoms with Gasteiger partial charge in [-0.05, 0) is 43.5 Å². The summed E-state index contributed by atoms with van der Waals surface area (Å²) >= 11 is 0. The van der Waals surface area contributed by atoms with E-state index >= 15 is 0 Å². The van der Waals surface area contributed by atoms with Crippen LogP contribution in [0.15, 0.2) is 76.3 Å². The zero-order valence-corrected chi connectivity index (χ0v) is 17.9. The van der Waals surface area contributed by atoms with Crippen molar-refractivity contribution in [3.63, 3.8) is 0 Å². The van der Waals surface area contributed by atoms with Crippen LogP contribution in [0.1, 0.15) is 39.7 Å². The molecule has 2 aromatic heterocycles. The van der Waals surface area contributed by atoms with Gasteiger partial charge in [0, 0.05) is 5.69 Å². The first-order valence-corrected chi connectivity index (χ1v) is 10.2. The van der Waals surface area contributed by atoms with E-state index in [1.165, 1.54) is 6.92 Å². The van der Waals surface area contributed by atoms with Crippen LogP contribution in [0.4, 0.5) is 0 Å². The number of benzene rings is 2. The van der Waals surface area contributed by atoms with Gasteiger partial charge in [0.15, 0.2) is 5.78 Å². The summed E-state index contributed by atoms with van der Waals surface area (Å²) in [6.45, 7) is 5.65. The molecule has 0 N–H and O–H groups in total. The van der Waals surface area contributed by atoms with Crippen molar-refractivity contribution >= 4 is 16.7 Å². The first-order valence-electron chi connectivity index (χ1n) is 10.2. The summed E-state index contributed by atoms with van der Waals surface area (Å²) in [5.74, 6) is -0.333. The van der Waals surface area contributed by atoms with Gasteiger partial charge in [-0.2, -0.15) is 0 Å². The third kappa shape index (κ3) is 3.75.